The second kappa shape index (κ2) is 7.30. The zero-order valence-corrected chi connectivity index (χ0v) is 14.1. The third-order valence-electron chi connectivity index (χ3n) is 4.41. The van der Waals surface area contributed by atoms with E-state index in [2.05, 4.69) is 27.2 Å². The summed E-state index contributed by atoms with van der Waals surface area (Å²) >= 11 is 0. The van der Waals surface area contributed by atoms with Gasteiger partial charge in [-0.15, -0.1) is 0 Å². The summed E-state index contributed by atoms with van der Waals surface area (Å²) in [6.45, 7) is 2.07. The fourth-order valence-corrected chi connectivity index (χ4v) is 3.07. The predicted octanol–water partition coefficient (Wildman–Crippen LogP) is 3.75. The highest BCUT2D eigenvalue weighted by atomic mass is 15.4. The molecular formula is C20H21N5. The van der Waals surface area contributed by atoms with Crippen molar-refractivity contribution in [2.75, 3.05) is 13.1 Å². The van der Waals surface area contributed by atoms with Crippen molar-refractivity contribution in [1.29, 1.82) is 0 Å². The Kier molecular flexibility index (Phi) is 4.55. The average molecular weight is 331 g/mol. The molecule has 0 spiro atoms. The lowest BCUT2D eigenvalue weighted by Crippen LogP contribution is -2.24. The molecule has 0 atom stereocenters. The minimum atomic E-state index is 0.923. The zero-order valence-electron chi connectivity index (χ0n) is 14.1. The first kappa shape index (κ1) is 15.6. The lowest BCUT2D eigenvalue weighted by molar-refractivity contribution is 0.240. The van der Waals surface area contributed by atoms with Crippen molar-refractivity contribution in [3.63, 3.8) is 0 Å². The Labute approximate surface area is 147 Å². The zero-order chi connectivity index (χ0) is 16.9. The van der Waals surface area contributed by atoms with Gasteiger partial charge in [-0.05, 0) is 43.5 Å². The quantitative estimate of drug-likeness (QED) is 0.684. The lowest BCUT2D eigenvalue weighted by Gasteiger charge is -2.23. The van der Waals surface area contributed by atoms with Gasteiger partial charge in [0.15, 0.2) is 0 Å². The molecule has 0 bridgehead atoms. The Balaban J connectivity index is 1.70. The number of hydrazone groups is 1. The van der Waals surface area contributed by atoms with Crippen molar-refractivity contribution in [2.24, 2.45) is 5.10 Å². The van der Waals surface area contributed by atoms with E-state index in [1.165, 1.54) is 19.3 Å². The Morgan fingerprint density at radius 1 is 0.920 bits per heavy atom. The lowest BCUT2D eigenvalue weighted by atomic mass is 10.1. The van der Waals surface area contributed by atoms with Crippen LogP contribution in [0.4, 0.5) is 0 Å². The highest BCUT2D eigenvalue weighted by Gasteiger charge is 2.12. The van der Waals surface area contributed by atoms with Crippen molar-refractivity contribution in [1.82, 2.24) is 19.8 Å². The Morgan fingerprint density at radius 3 is 2.44 bits per heavy atom. The molecule has 4 rings (SSSR count). The second-order valence-corrected chi connectivity index (χ2v) is 6.21. The Bertz CT molecular complexity index is 833. The standard InChI is InChI=1S/C20H21N5/c1-3-7-19(8-4-1)25-16-18(15-22-24-13-5-2-6-14-24)20(23-25)17-9-11-21-12-10-17/h1,3-4,7-12,15-16H,2,5-6,13-14H2/b22-15-. The second-order valence-electron chi connectivity index (χ2n) is 6.21. The molecular weight excluding hydrogens is 310 g/mol. The molecule has 1 saturated heterocycles. The van der Waals surface area contributed by atoms with Crippen LogP contribution >= 0.6 is 0 Å². The first-order valence-electron chi connectivity index (χ1n) is 8.74. The van der Waals surface area contributed by atoms with Crippen LogP contribution in [0.3, 0.4) is 0 Å². The largest absolute Gasteiger partial charge is 0.297 e. The van der Waals surface area contributed by atoms with E-state index >= 15 is 0 Å². The summed E-state index contributed by atoms with van der Waals surface area (Å²) in [4.78, 5) is 4.11. The molecule has 1 aliphatic rings. The minimum Gasteiger partial charge on any atom is -0.297 e. The summed E-state index contributed by atoms with van der Waals surface area (Å²) in [6, 6.07) is 14.1. The van der Waals surface area contributed by atoms with Gasteiger partial charge in [0, 0.05) is 42.8 Å². The third kappa shape index (κ3) is 3.60. The molecule has 0 radical (unpaired) electrons. The Hall–Kier alpha value is -2.95. The van der Waals surface area contributed by atoms with E-state index in [4.69, 9.17) is 5.10 Å². The summed E-state index contributed by atoms with van der Waals surface area (Å²) in [7, 11) is 0. The topological polar surface area (TPSA) is 46.3 Å². The molecule has 0 N–H and O–H groups in total. The van der Waals surface area contributed by atoms with Crippen LogP contribution in [0.5, 0.6) is 0 Å². The van der Waals surface area contributed by atoms with Crippen LogP contribution in [-0.4, -0.2) is 39.1 Å². The van der Waals surface area contributed by atoms with Crippen molar-refractivity contribution in [3.05, 3.63) is 66.6 Å². The molecule has 0 aliphatic carbocycles. The smallest absolute Gasteiger partial charge is 0.102 e. The van der Waals surface area contributed by atoms with Crippen molar-refractivity contribution >= 4 is 6.21 Å². The van der Waals surface area contributed by atoms with E-state index in [1.807, 2.05) is 47.4 Å². The summed E-state index contributed by atoms with van der Waals surface area (Å²) in [5.41, 5.74) is 4.02. The molecule has 126 valence electrons. The molecule has 0 unspecified atom stereocenters. The molecule has 5 heteroatoms. The van der Waals surface area contributed by atoms with Gasteiger partial charge in [0.2, 0.25) is 0 Å². The van der Waals surface area contributed by atoms with Crippen LogP contribution in [0.1, 0.15) is 24.8 Å². The molecule has 0 amide bonds. The molecule has 1 aromatic carbocycles. The van der Waals surface area contributed by atoms with Crippen molar-refractivity contribution in [2.45, 2.75) is 19.3 Å². The van der Waals surface area contributed by atoms with Crippen LogP contribution in [0.15, 0.2) is 66.2 Å². The molecule has 25 heavy (non-hydrogen) atoms. The van der Waals surface area contributed by atoms with Crippen LogP contribution in [0.2, 0.25) is 0 Å². The van der Waals surface area contributed by atoms with E-state index < -0.39 is 0 Å². The SMILES string of the molecule is C(=N/N1CCCCC1)/c1cn(-c2ccccc2)nc1-c1ccncc1. The number of para-hydroxylation sites is 1. The van der Waals surface area contributed by atoms with Gasteiger partial charge >= 0.3 is 0 Å². The summed E-state index contributed by atoms with van der Waals surface area (Å²) in [5, 5.41) is 11.6. The normalized spacial score (nSPS) is 15.0. The monoisotopic (exact) mass is 331 g/mol. The van der Waals surface area contributed by atoms with Gasteiger partial charge in [0.05, 0.1) is 11.9 Å². The maximum absolute atomic E-state index is 4.79. The average Bonchev–Trinajstić information content (AvgIpc) is 3.13. The number of piperidine rings is 1. The van der Waals surface area contributed by atoms with Gasteiger partial charge in [-0.1, -0.05) is 18.2 Å². The van der Waals surface area contributed by atoms with Gasteiger partial charge in [0.25, 0.3) is 0 Å². The molecule has 0 saturated carbocycles. The van der Waals surface area contributed by atoms with Crippen LogP contribution in [0, 0.1) is 0 Å². The summed E-state index contributed by atoms with van der Waals surface area (Å²) in [6.07, 6.45) is 11.3. The summed E-state index contributed by atoms with van der Waals surface area (Å²) < 4.78 is 1.91. The van der Waals surface area contributed by atoms with Gasteiger partial charge in [-0.25, -0.2) is 4.68 Å². The van der Waals surface area contributed by atoms with E-state index in [-0.39, 0.29) is 0 Å². The minimum absolute atomic E-state index is 0.923. The number of rotatable bonds is 4. The highest BCUT2D eigenvalue weighted by Crippen LogP contribution is 2.22. The van der Waals surface area contributed by atoms with E-state index in [1.54, 1.807) is 12.4 Å². The van der Waals surface area contributed by atoms with Gasteiger partial charge < -0.3 is 0 Å². The number of hydrogen-bond acceptors (Lipinski definition) is 4. The molecule has 3 heterocycles. The van der Waals surface area contributed by atoms with E-state index in [0.29, 0.717) is 0 Å². The van der Waals surface area contributed by atoms with Gasteiger partial charge in [-0.2, -0.15) is 10.2 Å². The molecule has 5 nitrogen and oxygen atoms in total. The van der Waals surface area contributed by atoms with Crippen LogP contribution in [-0.2, 0) is 0 Å². The van der Waals surface area contributed by atoms with Crippen molar-refractivity contribution < 1.29 is 0 Å². The maximum atomic E-state index is 4.79. The van der Waals surface area contributed by atoms with E-state index in [0.717, 1.165) is 35.6 Å². The molecule has 3 aromatic rings. The molecule has 1 fully saturated rings. The number of nitrogens with zero attached hydrogens (tertiary/aromatic N) is 5. The first-order chi connectivity index (χ1) is 12.4. The number of aromatic nitrogens is 3. The summed E-state index contributed by atoms with van der Waals surface area (Å²) in [5.74, 6) is 0. The maximum Gasteiger partial charge on any atom is 0.102 e. The third-order valence-corrected chi connectivity index (χ3v) is 4.41. The number of hydrogen-bond donors (Lipinski definition) is 0. The van der Waals surface area contributed by atoms with Crippen molar-refractivity contribution in [3.8, 4) is 16.9 Å². The molecule has 2 aromatic heterocycles. The highest BCUT2D eigenvalue weighted by molar-refractivity contribution is 5.88. The Morgan fingerprint density at radius 2 is 1.68 bits per heavy atom. The number of pyridine rings is 1. The van der Waals surface area contributed by atoms with Crippen LogP contribution in [0.25, 0.3) is 16.9 Å². The van der Waals surface area contributed by atoms with E-state index in [9.17, 15) is 0 Å². The predicted molar refractivity (Wildman–Crippen MR) is 99.8 cm³/mol. The van der Waals surface area contributed by atoms with Crippen LogP contribution < -0.4 is 0 Å². The van der Waals surface area contributed by atoms with Gasteiger partial charge in [-0.3, -0.25) is 9.99 Å². The first-order valence-corrected chi connectivity index (χ1v) is 8.74. The fraction of sp³-hybridized carbons (Fsp3) is 0.250. The molecule has 1 aliphatic heterocycles. The number of benzene rings is 1. The fourth-order valence-electron chi connectivity index (χ4n) is 3.07. The van der Waals surface area contributed by atoms with Gasteiger partial charge in [0.1, 0.15) is 5.69 Å².